The molecule has 3 N–H and O–H groups in total. The zero-order valence-electron chi connectivity index (χ0n) is 17.8. The van der Waals surface area contributed by atoms with E-state index in [4.69, 9.17) is 15.7 Å². The second-order valence-corrected chi connectivity index (χ2v) is 8.73. The van der Waals surface area contributed by atoms with Crippen molar-refractivity contribution in [2.45, 2.75) is 26.4 Å². The third-order valence-corrected chi connectivity index (χ3v) is 5.81. The average Bonchev–Trinajstić information content (AvgIpc) is 2.72. The summed E-state index contributed by atoms with van der Waals surface area (Å²) in [5, 5.41) is 4.10. The highest BCUT2D eigenvalue weighted by Gasteiger charge is 2.23. The van der Waals surface area contributed by atoms with Crippen LogP contribution in [-0.2, 0) is 16.1 Å². The molecule has 0 radical (unpaired) electrons. The van der Waals surface area contributed by atoms with Crippen molar-refractivity contribution in [2.24, 2.45) is 11.7 Å². The third-order valence-electron chi connectivity index (χ3n) is 5.27. The fraction of sp³-hybridized carbons (Fsp3) is 0.524. The molecule has 162 valence electrons. The van der Waals surface area contributed by atoms with E-state index in [1.807, 2.05) is 49.3 Å². The van der Waals surface area contributed by atoms with E-state index in [0.29, 0.717) is 23.9 Å². The number of para-hydroxylation sites is 1. The monoisotopic (exact) mass is 430 g/mol. The number of piperazine rings is 1. The number of anilines is 1. The molecule has 9 heteroatoms. The van der Waals surface area contributed by atoms with Gasteiger partial charge in [-0.05, 0) is 24.3 Å². The number of rotatable bonds is 8. The van der Waals surface area contributed by atoms with Gasteiger partial charge in [0.1, 0.15) is 17.7 Å². The summed E-state index contributed by atoms with van der Waals surface area (Å²) >= 11 is 1.55. The van der Waals surface area contributed by atoms with Crippen LogP contribution in [-0.4, -0.2) is 75.8 Å². The van der Waals surface area contributed by atoms with Gasteiger partial charge in [-0.15, -0.1) is 0 Å². The topological polar surface area (TPSA) is 104 Å². The second kappa shape index (κ2) is 10.1. The number of aromatic nitrogens is 2. The van der Waals surface area contributed by atoms with E-state index >= 15 is 0 Å². The zero-order valence-corrected chi connectivity index (χ0v) is 18.6. The van der Waals surface area contributed by atoms with E-state index in [0.717, 1.165) is 37.1 Å². The molecule has 3 rings (SSSR count). The van der Waals surface area contributed by atoms with Gasteiger partial charge in [0.05, 0.1) is 17.8 Å². The summed E-state index contributed by atoms with van der Waals surface area (Å²) in [5.74, 6) is 1.67. The Hall–Kier alpha value is -2.39. The summed E-state index contributed by atoms with van der Waals surface area (Å²) in [6.45, 7) is 7.50. The van der Waals surface area contributed by atoms with Gasteiger partial charge in [-0.3, -0.25) is 14.5 Å². The predicted octanol–water partition coefficient (Wildman–Crippen LogP) is 1.56. The molecule has 8 nitrogen and oxygen atoms in total. The average molecular weight is 431 g/mol. The minimum absolute atomic E-state index is 0.0339. The Morgan fingerprint density at radius 2 is 1.87 bits per heavy atom. The Bertz CT molecular complexity index is 898. The maximum Gasteiger partial charge on any atom is 0.240 e. The molecule has 0 saturated carbocycles. The van der Waals surface area contributed by atoms with Gasteiger partial charge in [-0.2, -0.15) is 11.8 Å². The lowest BCUT2D eigenvalue weighted by molar-refractivity contribution is -0.130. The summed E-state index contributed by atoms with van der Waals surface area (Å²) in [6, 6.07) is 7.24. The van der Waals surface area contributed by atoms with Crippen molar-refractivity contribution in [2.75, 3.05) is 43.5 Å². The first-order valence-electron chi connectivity index (χ1n) is 10.2. The van der Waals surface area contributed by atoms with Gasteiger partial charge in [0, 0.05) is 31.6 Å². The number of hydrogen-bond acceptors (Lipinski definition) is 7. The summed E-state index contributed by atoms with van der Waals surface area (Å²) in [4.78, 5) is 37.6. The van der Waals surface area contributed by atoms with E-state index < -0.39 is 11.9 Å². The summed E-state index contributed by atoms with van der Waals surface area (Å²) < 4.78 is 0. The number of amides is 2. The minimum atomic E-state index is -0.512. The van der Waals surface area contributed by atoms with Crippen LogP contribution in [0.2, 0.25) is 0 Å². The van der Waals surface area contributed by atoms with Crippen molar-refractivity contribution in [3.63, 3.8) is 0 Å². The number of fused-ring (bicyclic) bond motifs is 1. The number of benzene rings is 1. The summed E-state index contributed by atoms with van der Waals surface area (Å²) in [7, 11) is 0. The zero-order chi connectivity index (χ0) is 21.7. The van der Waals surface area contributed by atoms with Crippen molar-refractivity contribution in [3.8, 4) is 0 Å². The van der Waals surface area contributed by atoms with Gasteiger partial charge in [0.2, 0.25) is 11.8 Å². The first-order chi connectivity index (χ1) is 14.4. The smallest absolute Gasteiger partial charge is 0.240 e. The van der Waals surface area contributed by atoms with E-state index in [1.165, 1.54) is 0 Å². The minimum Gasteiger partial charge on any atom is -0.368 e. The molecular formula is C21H30N6O2S. The number of nitrogens with one attached hydrogen (secondary N) is 1. The number of carbonyl (C=O) groups excluding carboxylic acids is 2. The van der Waals surface area contributed by atoms with Crippen LogP contribution in [0, 0.1) is 5.92 Å². The van der Waals surface area contributed by atoms with Gasteiger partial charge in [0.15, 0.2) is 0 Å². The quantitative estimate of drug-likeness (QED) is 0.655. The van der Waals surface area contributed by atoms with Crippen LogP contribution in [0.5, 0.6) is 0 Å². The maximum absolute atomic E-state index is 12.1. The molecule has 30 heavy (non-hydrogen) atoms. The van der Waals surface area contributed by atoms with Crippen LogP contribution in [0.4, 0.5) is 5.82 Å². The van der Waals surface area contributed by atoms with Crippen molar-refractivity contribution < 1.29 is 9.59 Å². The highest BCUT2D eigenvalue weighted by molar-refractivity contribution is 7.99. The van der Waals surface area contributed by atoms with Gasteiger partial charge >= 0.3 is 0 Å². The molecular weight excluding hydrogens is 400 g/mol. The SMILES string of the molecule is CSCC(=O)N1CCN(Cc2nc(N[C@H](C(N)=O)C(C)C)c3ccccc3n2)CC1. The molecule has 0 aliphatic carbocycles. The van der Waals surface area contributed by atoms with Gasteiger partial charge < -0.3 is 16.0 Å². The number of hydrogen-bond donors (Lipinski definition) is 2. The van der Waals surface area contributed by atoms with Crippen LogP contribution < -0.4 is 11.1 Å². The Morgan fingerprint density at radius 1 is 1.17 bits per heavy atom. The first-order valence-corrected chi connectivity index (χ1v) is 11.6. The second-order valence-electron chi connectivity index (χ2n) is 7.86. The lowest BCUT2D eigenvalue weighted by Gasteiger charge is -2.34. The largest absolute Gasteiger partial charge is 0.368 e. The fourth-order valence-electron chi connectivity index (χ4n) is 3.59. The van der Waals surface area contributed by atoms with Crippen molar-refractivity contribution in [1.82, 2.24) is 19.8 Å². The lowest BCUT2D eigenvalue weighted by atomic mass is 10.0. The van der Waals surface area contributed by atoms with Crippen LogP contribution in [0.15, 0.2) is 24.3 Å². The standard InChI is InChI=1S/C21H30N6O2S/c1-14(2)19(20(22)29)25-21-15-6-4-5-7-16(15)23-17(24-21)12-26-8-10-27(11-9-26)18(28)13-30-3/h4-7,14,19H,8-13H2,1-3H3,(H2,22,29)(H,23,24,25)/t19-/m0/s1. The summed E-state index contributed by atoms with van der Waals surface area (Å²) in [5.41, 5.74) is 6.41. The molecule has 1 aromatic heterocycles. The Balaban J connectivity index is 1.77. The third kappa shape index (κ3) is 5.40. The van der Waals surface area contributed by atoms with Gasteiger partial charge in [-0.1, -0.05) is 26.0 Å². The van der Waals surface area contributed by atoms with Crippen LogP contribution >= 0.6 is 11.8 Å². The van der Waals surface area contributed by atoms with Crippen molar-refractivity contribution in [3.05, 3.63) is 30.1 Å². The van der Waals surface area contributed by atoms with Crippen LogP contribution in [0.3, 0.4) is 0 Å². The lowest BCUT2D eigenvalue weighted by Crippen LogP contribution is -2.49. The normalized spacial score (nSPS) is 16.1. The Kier molecular flexibility index (Phi) is 7.49. The van der Waals surface area contributed by atoms with Gasteiger partial charge in [0.25, 0.3) is 0 Å². The number of primary amides is 1. The van der Waals surface area contributed by atoms with Gasteiger partial charge in [-0.25, -0.2) is 9.97 Å². The number of nitrogens with two attached hydrogens (primary N) is 1. The summed E-state index contributed by atoms with van der Waals surface area (Å²) in [6.07, 6.45) is 1.94. The van der Waals surface area contributed by atoms with E-state index in [9.17, 15) is 9.59 Å². The number of thioether (sulfide) groups is 1. The molecule has 2 heterocycles. The molecule has 0 unspecified atom stereocenters. The van der Waals surface area contributed by atoms with Crippen LogP contribution in [0.1, 0.15) is 19.7 Å². The molecule has 1 aliphatic heterocycles. The predicted molar refractivity (Wildman–Crippen MR) is 121 cm³/mol. The maximum atomic E-state index is 12.1. The van der Waals surface area contributed by atoms with Crippen molar-refractivity contribution in [1.29, 1.82) is 0 Å². The first kappa shape index (κ1) is 22.3. The number of nitrogens with zero attached hydrogens (tertiary/aromatic N) is 4. The molecule has 0 bridgehead atoms. The van der Waals surface area contributed by atoms with E-state index in [-0.39, 0.29) is 11.8 Å². The van der Waals surface area contributed by atoms with Crippen molar-refractivity contribution >= 4 is 40.3 Å². The van der Waals surface area contributed by atoms with Crippen LogP contribution in [0.25, 0.3) is 10.9 Å². The fourth-order valence-corrected chi connectivity index (χ4v) is 4.02. The number of carbonyl (C=O) groups is 2. The Morgan fingerprint density at radius 3 is 2.50 bits per heavy atom. The molecule has 2 amide bonds. The van der Waals surface area contributed by atoms with E-state index in [2.05, 4.69) is 10.2 Å². The molecule has 1 atom stereocenters. The molecule has 1 aliphatic rings. The Labute approximate surface area is 181 Å². The molecule has 2 aromatic rings. The molecule has 1 fully saturated rings. The van der Waals surface area contributed by atoms with E-state index in [1.54, 1.807) is 11.8 Å². The highest BCUT2D eigenvalue weighted by atomic mass is 32.2. The highest BCUT2D eigenvalue weighted by Crippen LogP contribution is 2.23. The molecule has 0 spiro atoms. The molecule has 1 aromatic carbocycles. The molecule has 1 saturated heterocycles.